The number of hydrogen-bond acceptors (Lipinski definition) is 2. The van der Waals surface area contributed by atoms with Crippen LogP contribution in [0.15, 0.2) is 108 Å². The van der Waals surface area contributed by atoms with Crippen molar-refractivity contribution in [1.82, 2.24) is 9.97 Å². The van der Waals surface area contributed by atoms with Gasteiger partial charge in [-0.05, 0) is 49.7 Å². The first-order valence-corrected chi connectivity index (χ1v) is 14.9. The number of aromatic nitrogens is 2. The van der Waals surface area contributed by atoms with E-state index in [4.69, 9.17) is 9.97 Å². The fraction of sp³-hybridized carbons (Fsp3) is 0.300. The number of hydrogen-bond donors (Lipinski definition) is 0. The molecule has 4 aromatic rings. The molecule has 0 fully saturated rings. The molecule has 0 spiro atoms. The van der Waals surface area contributed by atoms with Gasteiger partial charge < -0.3 is 0 Å². The van der Waals surface area contributed by atoms with Crippen LogP contribution in [-0.2, 0) is 0 Å². The largest absolute Gasteiger partial charge is 0.243 e. The Bertz CT molecular complexity index is 1560. The van der Waals surface area contributed by atoms with Gasteiger partial charge in [-0.3, -0.25) is 0 Å². The lowest BCUT2D eigenvalue weighted by molar-refractivity contribution is 0.504. The van der Waals surface area contributed by atoms with Crippen LogP contribution in [0.4, 0.5) is 0 Å². The van der Waals surface area contributed by atoms with Gasteiger partial charge in [0.2, 0.25) is 0 Å². The highest BCUT2D eigenvalue weighted by Gasteiger charge is 2.19. The lowest BCUT2D eigenvalue weighted by Crippen LogP contribution is -2.06. The van der Waals surface area contributed by atoms with Crippen LogP contribution in [0.2, 0.25) is 0 Å². The second-order valence-corrected chi connectivity index (χ2v) is 13.4. The van der Waals surface area contributed by atoms with Crippen LogP contribution in [0.3, 0.4) is 0 Å². The lowest BCUT2D eigenvalue weighted by Gasteiger charge is -2.19. The van der Waals surface area contributed by atoms with E-state index in [0.717, 1.165) is 44.7 Å². The van der Waals surface area contributed by atoms with Gasteiger partial charge in [0, 0.05) is 22.3 Å². The molecule has 0 bridgehead atoms. The van der Waals surface area contributed by atoms with Gasteiger partial charge in [-0.1, -0.05) is 150 Å². The van der Waals surface area contributed by atoms with Crippen molar-refractivity contribution in [2.24, 2.45) is 10.8 Å². The molecule has 0 aliphatic carbocycles. The summed E-state index contributed by atoms with van der Waals surface area (Å²) in [5.74, 6) is 0. The second kappa shape index (κ2) is 12.4. The smallest absolute Gasteiger partial charge is 0.0976 e. The minimum atomic E-state index is 0.119. The molecule has 0 aliphatic rings. The van der Waals surface area contributed by atoms with E-state index in [9.17, 15) is 0 Å². The molecule has 4 rings (SSSR count). The highest BCUT2D eigenvalue weighted by atomic mass is 14.8. The Morgan fingerprint density at radius 1 is 0.476 bits per heavy atom. The van der Waals surface area contributed by atoms with Crippen LogP contribution in [0.5, 0.6) is 0 Å². The highest BCUT2D eigenvalue weighted by molar-refractivity contribution is 5.98. The van der Waals surface area contributed by atoms with E-state index in [1.165, 1.54) is 22.3 Å². The number of nitrogens with zero attached hydrogens (tertiary/aromatic N) is 2. The first-order valence-electron chi connectivity index (χ1n) is 14.9. The van der Waals surface area contributed by atoms with Crippen LogP contribution < -0.4 is 0 Å². The topological polar surface area (TPSA) is 25.8 Å². The summed E-state index contributed by atoms with van der Waals surface area (Å²) in [6.07, 6.45) is 8.93. The molecule has 2 heteroatoms. The van der Waals surface area contributed by atoms with Crippen LogP contribution in [0.1, 0.15) is 80.4 Å². The normalized spacial score (nSPS) is 14.0. The van der Waals surface area contributed by atoms with Gasteiger partial charge in [-0.15, -0.1) is 0 Å². The first kappa shape index (κ1) is 30.9. The average molecular weight is 555 g/mol. The Labute approximate surface area is 253 Å². The average Bonchev–Trinajstić information content (AvgIpc) is 2.96. The third-order valence-electron chi connectivity index (χ3n) is 8.30. The number of allylic oxidation sites excluding steroid dienone is 8. The number of fused-ring (bicyclic) bond motifs is 1. The Hall–Kier alpha value is -4.04. The van der Waals surface area contributed by atoms with Crippen molar-refractivity contribution in [3.63, 3.8) is 0 Å². The summed E-state index contributed by atoms with van der Waals surface area (Å²) in [4.78, 5) is 10.9. The predicted molar refractivity (Wildman–Crippen MR) is 184 cm³/mol. The molecular weight excluding hydrogens is 508 g/mol. The molecule has 3 aromatic carbocycles. The van der Waals surface area contributed by atoms with Crippen LogP contribution in [-0.4, -0.2) is 9.97 Å². The summed E-state index contributed by atoms with van der Waals surface area (Å²) in [6, 6.07) is 25.3. The Morgan fingerprint density at radius 3 is 1.12 bits per heavy atom. The van der Waals surface area contributed by atoms with Gasteiger partial charge in [0.05, 0.1) is 22.4 Å². The zero-order valence-electron chi connectivity index (χ0n) is 27.1. The second-order valence-electron chi connectivity index (χ2n) is 13.4. The number of rotatable bonds is 6. The Kier molecular flexibility index (Phi) is 9.16. The summed E-state index contributed by atoms with van der Waals surface area (Å²) < 4.78 is 0. The van der Waals surface area contributed by atoms with E-state index in [-0.39, 0.29) is 10.8 Å². The molecule has 0 N–H and O–H groups in total. The first-order chi connectivity index (χ1) is 19.8. The summed E-state index contributed by atoms with van der Waals surface area (Å²) in [5, 5.41) is 0. The van der Waals surface area contributed by atoms with E-state index in [1.807, 2.05) is 12.1 Å². The minimum absolute atomic E-state index is 0.119. The molecule has 216 valence electrons. The summed E-state index contributed by atoms with van der Waals surface area (Å²) in [5.41, 5.74) is 13.2. The van der Waals surface area contributed by atoms with Crippen LogP contribution in [0.25, 0.3) is 44.7 Å². The quantitative estimate of drug-likeness (QED) is 0.222. The van der Waals surface area contributed by atoms with Crippen LogP contribution in [0, 0.1) is 10.8 Å². The SMILES string of the molecule is C/C(=C\C=C(/C)C(C)(C)C)c1ccc(/C(C)=C/C=C(\C)C(C)(C)C)c2nc(-c3ccccc3)c(-c3ccccc3)nc12. The molecule has 1 heterocycles. The summed E-state index contributed by atoms with van der Waals surface area (Å²) >= 11 is 0. The maximum Gasteiger partial charge on any atom is 0.0976 e. The predicted octanol–water partition coefficient (Wildman–Crippen LogP) is 11.8. The lowest BCUT2D eigenvalue weighted by atomic mass is 9.87. The zero-order valence-corrected chi connectivity index (χ0v) is 27.1. The molecule has 1 aromatic heterocycles. The van der Waals surface area contributed by atoms with Gasteiger partial charge in [0.1, 0.15) is 0 Å². The minimum Gasteiger partial charge on any atom is -0.243 e. The molecule has 2 nitrogen and oxygen atoms in total. The van der Waals surface area contributed by atoms with Crippen molar-refractivity contribution in [3.05, 3.63) is 119 Å². The zero-order chi connectivity index (χ0) is 30.7. The maximum atomic E-state index is 5.43. The molecule has 0 saturated carbocycles. The van der Waals surface area contributed by atoms with E-state index < -0.39 is 0 Å². The third-order valence-corrected chi connectivity index (χ3v) is 8.30. The van der Waals surface area contributed by atoms with Crippen molar-refractivity contribution in [2.75, 3.05) is 0 Å². The molecular formula is C40H46N2. The van der Waals surface area contributed by atoms with E-state index in [1.54, 1.807) is 0 Å². The monoisotopic (exact) mass is 554 g/mol. The summed E-state index contributed by atoms with van der Waals surface area (Å²) in [7, 11) is 0. The van der Waals surface area contributed by atoms with Gasteiger partial charge >= 0.3 is 0 Å². The van der Waals surface area contributed by atoms with E-state index in [2.05, 4.69) is 154 Å². The third kappa shape index (κ3) is 7.05. The standard InChI is InChI=1S/C40H46N2/c1-27(21-23-29(3)39(5,6)7)33-25-26-34(28(2)22-24-30(4)40(8,9)10)38-37(33)41-35(31-17-13-11-14-18-31)36(42-38)32-19-15-12-16-20-32/h11-26H,1-10H3/b27-21+,28-22+,29-23+,30-24+. The van der Waals surface area contributed by atoms with Crippen molar-refractivity contribution in [1.29, 1.82) is 0 Å². The molecule has 0 amide bonds. The molecule has 0 saturated heterocycles. The van der Waals surface area contributed by atoms with Crippen LogP contribution >= 0.6 is 0 Å². The van der Waals surface area contributed by atoms with E-state index in [0.29, 0.717) is 0 Å². The van der Waals surface area contributed by atoms with Gasteiger partial charge in [0.25, 0.3) is 0 Å². The van der Waals surface area contributed by atoms with Crippen molar-refractivity contribution >= 4 is 22.2 Å². The van der Waals surface area contributed by atoms with Gasteiger partial charge in [-0.25, -0.2) is 9.97 Å². The fourth-order valence-electron chi connectivity index (χ4n) is 4.55. The highest BCUT2D eigenvalue weighted by Crippen LogP contribution is 2.36. The van der Waals surface area contributed by atoms with Crippen molar-refractivity contribution in [3.8, 4) is 22.5 Å². The molecule has 0 aliphatic heterocycles. The Balaban J connectivity index is 2.06. The maximum absolute atomic E-state index is 5.43. The van der Waals surface area contributed by atoms with Gasteiger partial charge in [0.15, 0.2) is 0 Å². The van der Waals surface area contributed by atoms with Gasteiger partial charge in [-0.2, -0.15) is 0 Å². The van der Waals surface area contributed by atoms with Crippen molar-refractivity contribution in [2.45, 2.75) is 69.2 Å². The number of benzene rings is 3. The Morgan fingerprint density at radius 2 is 0.810 bits per heavy atom. The molecule has 42 heavy (non-hydrogen) atoms. The molecule has 0 unspecified atom stereocenters. The molecule has 0 atom stereocenters. The fourth-order valence-corrected chi connectivity index (χ4v) is 4.55. The van der Waals surface area contributed by atoms with Crippen molar-refractivity contribution < 1.29 is 0 Å². The van der Waals surface area contributed by atoms with E-state index >= 15 is 0 Å². The molecule has 0 radical (unpaired) electrons. The summed E-state index contributed by atoms with van der Waals surface area (Å²) in [6.45, 7) is 22.2.